The molecule has 0 aromatic heterocycles. The SMILES string of the molecule is Cc1ccc2c(c1)C(=O)OC2OC=O. The molecule has 1 heterocycles. The van der Waals surface area contributed by atoms with Crippen molar-refractivity contribution in [2.45, 2.75) is 13.2 Å². The first-order chi connectivity index (χ1) is 6.72. The van der Waals surface area contributed by atoms with Gasteiger partial charge in [0.15, 0.2) is 0 Å². The largest absolute Gasteiger partial charge is 0.423 e. The van der Waals surface area contributed by atoms with E-state index in [4.69, 9.17) is 4.74 Å². The molecule has 0 aliphatic carbocycles. The molecule has 4 heteroatoms. The first kappa shape index (κ1) is 8.74. The molecule has 0 radical (unpaired) electrons. The Kier molecular flexibility index (Phi) is 1.96. The van der Waals surface area contributed by atoms with E-state index >= 15 is 0 Å². The summed E-state index contributed by atoms with van der Waals surface area (Å²) in [4.78, 5) is 21.4. The van der Waals surface area contributed by atoms with E-state index in [1.807, 2.05) is 13.0 Å². The van der Waals surface area contributed by atoms with Gasteiger partial charge in [-0.2, -0.15) is 0 Å². The maximum Gasteiger partial charge on any atom is 0.342 e. The summed E-state index contributed by atoms with van der Waals surface area (Å²) in [7, 11) is 0. The van der Waals surface area contributed by atoms with Gasteiger partial charge in [0.05, 0.1) is 5.56 Å². The topological polar surface area (TPSA) is 52.6 Å². The average Bonchev–Trinajstić information content (AvgIpc) is 2.44. The molecule has 1 unspecified atom stereocenters. The summed E-state index contributed by atoms with van der Waals surface area (Å²) in [6.07, 6.45) is -0.879. The molecule has 14 heavy (non-hydrogen) atoms. The number of hydrogen-bond acceptors (Lipinski definition) is 4. The summed E-state index contributed by atoms with van der Waals surface area (Å²) < 4.78 is 9.45. The third-order valence-corrected chi connectivity index (χ3v) is 2.08. The van der Waals surface area contributed by atoms with Crippen molar-refractivity contribution in [2.75, 3.05) is 0 Å². The van der Waals surface area contributed by atoms with Crippen LogP contribution in [0, 0.1) is 6.92 Å². The van der Waals surface area contributed by atoms with Crippen molar-refractivity contribution in [3.8, 4) is 0 Å². The van der Waals surface area contributed by atoms with Gasteiger partial charge in [0.25, 0.3) is 12.8 Å². The first-order valence-electron chi connectivity index (χ1n) is 4.13. The Morgan fingerprint density at radius 1 is 1.50 bits per heavy atom. The molecule has 0 fully saturated rings. The van der Waals surface area contributed by atoms with Gasteiger partial charge in [-0.05, 0) is 13.0 Å². The van der Waals surface area contributed by atoms with Gasteiger partial charge in [-0.25, -0.2) is 4.79 Å². The lowest BCUT2D eigenvalue weighted by Crippen LogP contribution is -2.02. The molecule has 1 atom stereocenters. The number of aryl methyl sites for hydroxylation is 1. The highest BCUT2D eigenvalue weighted by Crippen LogP contribution is 2.31. The fraction of sp³-hybridized carbons (Fsp3) is 0.200. The predicted molar refractivity (Wildman–Crippen MR) is 46.5 cm³/mol. The van der Waals surface area contributed by atoms with Gasteiger partial charge in [-0.3, -0.25) is 4.79 Å². The average molecular weight is 192 g/mol. The van der Waals surface area contributed by atoms with Crippen LogP contribution in [0.4, 0.5) is 0 Å². The van der Waals surface area contributed by atoms with Crippen molar-refractivity contribution in [2.24, 2.45) is 0 Å². The van der Waals surface area contributed by atoms with Gasteiger partial charge in [0.1, 0.15) is 0 Å². The molecule has 1 aliphatic heterocycles. The van der Waals surface area contributed by atoms with Crippen LogP contribution in [0.5, 0.6) is 0 Å². The van der Waals surface area contributed by atoms with Crippen LogP contribution in [0.25, 0.3) is 0 Å². The van der Waals surface area contributed by atoms with Crippen LogP contribution >= 0.6 is 0 Å². The zero-order valence-electron chi connectivity index (χ0n) is 7.52. The van der Waals surface area contributed by atoms with Gasteiger partial charge in [0, 0.05) is 5.56 Å². The Balaban J connectivity index is 2.44. The van der Waals surface area contributed by atoms with Gasteiger partial charge in [-0.1, -0.05) is 17.7 Å². The lowest BCUT2D eigenvalue weighted by Gasteiger charge is -2.06. The number of benzene rings is 1. The normalized spacial score (nSPS) is 18.6. The number of fused-ring (bicyclic) bond motifs is 1. The molecule has 1 aromatic rings. The fourth-order valence-electron chi connectivity index (χ4n) is 1.43. The fourth-order valence-corrected chi connectivity index (χ4v) is 1.43. The van der Waals surface area contributed by atoms with E-state index in [1.165, 1.54) is 0 Å². The minimum atomic E-state index is -0.879. The van der Waals surface area contributed by atoms with Crippen molar-refractivity contribution >= 4 is 12.4 Å². The van der Waals surface area contributed by atoms with Crippen LogP contribution < -0.4 is 0 Å². The first-order valence-corrected chi connectivity index (χ1v) is 4.13. The third kappa shape index (κ3) is 1.25. The number of ether oxygens (including phenoxy) is 2. The maximum atomic E-state index is 11.3. The highest BCUT2D eigenvalue weighted by Gasteiger charge is 2.31. The predicted octanol–water partition coefficient (Wildman–Crippen LogP) is 1.34. The second-order valence-corrected chi connectivity index (χ2v) is 3.06. The minimum Gasteiger partial charge on any atom is -0.423 e. The van der Waals surface area contributed by atoms with Crippen LogP contribution in [0.15, 0.2) is 18.2 Å². The maximum absolute atomic E-state index is 11.3. The second-order valence-electron chi connectivity index (χ2n) is 3.06. The number of carbonyl (C=O) groups excluding carboxylic acids is 2. The molecule has 0 spiro atoms. The van der Waals surface area contributed by atoms with Gasteiger partial charge in [-0.15, -0.1) is 0 Å². The number of esters is 1. The van der Waals surface area contributed by atoms with Crippen molar-refractivity contribution in [1.29, 1.82) is 0 Å². The van der Waals surface area contributed by atoms with Crippen molar-refractivity contribution in [3.63, 3.8) is 0 Å². The molecular weight excluding hydrogens is 184 g/mol. The standard InChI is InChI=1S/C10H8O4/c1-6-2-3-7-8(4-6)9(12)14-10(7)13-5-11/h2-5,10H,1H3. The Hall–Kier alpha value is -1.84. The number of carbonyl (C=O) groups is 2. The molecule has 4 nitrogen and oxygen atoms in total. The number of cyclic esters (lactones) is 1. The van der Waals surface area contributed by atoms with Crippen LogP contribution in [-0.2, 0) is 14.3 Å². The summed E-state index contributed by atoms with van der Waals surface area (Å²) in [6.45, 7) is 2.15. The second kappa shape index (κ2) is 3.14. The Morgan fingerprint density at radius 2 is 2.29 bits per heavy atom. The summed E-state index contributed by atoms with van der Waals surface area (Å²) >= 11 is 0. The van der Waals surface area contributed by atoms with E-state index in [-0.39, 0.29) is 6.47 Å². The van der Waals surface area contributed by atoms with E-state index < -0.39 is 12.3 Å². The third-order valence-electron chi connectivity index (χ3n) is 2.08. The molecule has 1 aliphatic rings. The zero-order chi connectivity index (χ0) is 10.1. The minimum absolute atomic E-state index is 0.271. The van der Waals surface area contributed by atoms with Gasteiger partial charge in [0.2, 0.25) is 0 Å². The van der Waals surface area contributed by atoms with Crippen molar-refractivity contribution < 1.29 is 19.1 Å². The van der Waals surface area contributed by atoms with Crippen LogP contribution in [0.3, 0.4) is 0 Å². The van der Waals surface area contributed by atoms with Gasteiger partial charge < -0.3 is 9.47 Å². The van der Waals surface area contributed by atoms with Crippen LogP contribution in [0.1, 0.15) is 27.8 Å². The van der Waals surface area contributed by atoms with Crippen molar-refractivity contribution in [3.05, 3.63) is 34.9 Å². The molecule has 2 rings (SSSR count). The highest BCUT2D eigenvalue weighted by atomic mass is 16.7. The molecule has 72 valence electrons. The van der Waals surface area contributed by atoms with Gasteiger partial charge >= 0.3 is 5.97 Å². The smallest absolute Gasteiger partial charge is 0.342 e. The molecule has 0 saturated heterocycles. The molecule has 0 N–H and O–H groups in total. The Bertz CT molecular complexity index is 397. The van der Waals surface area contributed by atoms with E-state index in [2.05, 4.69) is 4.74 Å². The van der Waals surface area contributed by atoms with E-state index in [0.29, 0.717) is 11.1 Å². The summed E-state index contributed by atoms with van der Waals surface area (Å²) in [5.41, 5.74) is 2.04. The molecule has 0 bridgehead atoms. The Labute approximate surface area is 80.4 Å². The molecule has 0 amide bonds. The van der Waals surface area contributed by atoms with Crippen LogP contribution in [-0.4, -0.2) is 12.4 Å². The van der Waals surface area contributed by atoms with E-state index in [9.17, 15) is 9.59 Å². The quantitative estimate of drug-likeness (QED) is 0.524. The highest BCUT2D eigenvalue weighted by molar-refractivity contribution is 5.94. The zero-order valence-corrected chi connectivity index (χ0v) is 7.52. The molecular formula is C10H8O4. The summed E-state index contributed by atoms with van der Waals surface area (Å²) in [5.74, 6) is -0.449. The number of hydrogen-bond donors (Lipinski definition) is 0. The van der Waals surface area contributed by atoms with E-state index in [1.54, 1.807) is 12.1 Å². The summed E-state index contributed by atoms with van der Waals surface area (Å²) in [5, 5.41) is 0. The van der Waals surface area contributed by atoms with Crippen molar-refractivity contribution in [1.82, 2.24) is 0 Å². The van der Waals surface area contributed by atoms with Crippen LogP contribution in [0.2, 0.25) is 0 Å². The lowest BCUT2D eigenvalue weighted by molar-refractivity contribution is -0.151. The monoisotopic (exact) mass is 192 g/mol. The molecule has 1 aromatic carbocycles. The Morgan fingerprint density at radius 3 is 3.00 bits per heavy atom. The lowest BCUT2D eigenvalue weighted by atomic mass is 10.1. The number of rotatable bonds is 2. The van der Waals surface area contributed by atoms with E-state index in [0.717, 1.165) is 5.56 Å². The molecule has 0 saturated carbocycles. The summed E-state index contributed by atoms with van der Waals surface area (Å²) in [6, 6.07) is 5.28.